The van der Waals surface area contributed by atoms with E-state index in [-0.39, 0.29) is 0 Å². The Morgan fingerprint density at radius 1 is 0.228 bits per heavy atom. The lowest BCUT2D eigenvalue weighted by molar-refractivity contribution is 1.63. The fourth-order valence-corrected chi connectivity index (χ4v) is 10.5. The summed E-state index contributed by atoms with van der Waals surface area (Å²) < 4.78 is 1.31. The highest BCUT2D eigenvalue weighted by molar-refractivity contribution is 7.24. The maximum atomic E-state index is 2.49. The van der Waals surface area contributed by atoms with E-state index in [1.807, 2.05) is 11.3 Å². The van der Waals surface area contributed by atoms with Gasteiger partial charge in [0, 0.05) is 26.1 Å². The molecule has 0 unspecified atom stereocenters. The first-order chi connectivity index (χ1) is 28.3. The summed E-state index contributed by atoms with van der Waals surface area (Å²) in [6, 6.07) is 80.1. The first kappa shape index (κ1) is 33.3. The number of hydrogen-bond acceptors (Lipinski definition) is 1. The molecule has 0 saturated carbocycles. The van der Waals surface area contributed by atoms with Gasteiger partial charge in [-0.05, 0) is 88.5 Å². The van der Waals surface area contributed by atoms with E-state index in [1.54, 1.807) is 0 Å². The summed E-state index contributed by atoms with van der Waals surface area (Å²) in [7, 11) is 0. The lowest BCUT2D eigenvalue weighted by Crippen LogP contribution is -1.93. The van der Waals surface area contributed by atoms with Crippen molar-refractivity contribution < 1.29 is 0 Å². The molecule has 0 N–H and O–H groups in total. The normalized spacial score (nSPS) is 11.5. The van der Waals surface area contributed by atoms with Crippen molar-refractivity contribution in [3.8, 4) is 66.1 Å². The Kier molecular flexibility index (Phi) is 8.12. The van der Waals surface area contributed by atoms with Crippen molar-refractivity contribution in [2.45, 2.75) is 0 Å². The van der Waals surface area contributed by atoms with Crippen LogP contribution < -0.4 is 0 Å². The fourth-order valence-electron chi connectivity index (χ4n) is 9.05. The highest BCUT2D eigenvalue weighted by Gasteiger charge is 2.26. The molecule has 0 nitrogen and oxygen atoms in total. The third-order valence-electron chi connectivity index (χ3n) is 11.4. The summed E-state index contributed by atoms with van der Waals surface area (Å²) in [6.07, 6.45) is 0. The van der Waals surface area contributed by atoms with Gasteiger partial charge in [0.05, 0.1) is 0 Å². The molecular formula is C56H36S. The van der Waals surface area contributed by atoms with Gasteiger partial charge >= 0.3 is 0 Å². The van der Waals surface area contributed by atoms with Gasteiger partial charge in [0.15, 0.2) is 0 Å². The highest BCUT2D eigenvalue weighted by atomic mass is 32.1. The molecule has 0 atom stereocenters. The fraction of sp³-hybridized carbons (Fsp3) is 0. The van der Waals surface area contributed by atoms with Crippen LogP contribution in [0.1, 0.15) is 0 Å². The molecule has 1 aromatic heterocycles. The minimum absolute atomic E-state index is 1.21. The van der Waals surface area contributed by atoms with Crippen LogP contribution in [-0.4, -0.2) is 0 Å². The monoisotopic (exact) mass is 740 g/mol. The summed E-state index contributed by atoms with van der Waals surface area (Å²) in [5, 5.41) is 8.86. The van der Waals surface area contributed by atoms with E-state index in [2.05, 4.69) is 218 Å². The third-order valence-corrected chi connectivity index (χ3v) is 12.7. The van der Waals surface area contributed by atoms with Crippen molar-refractivity contribution in [2.75, 3.05) is 0 Å². The second kappa shape index (κ2) is 13.9. The van der Waals surface area contributed by atoms with Crippen molar-refractivity contribution in [2.24, 2.45) is 0 Å². The number of benzene rings is 10. The number of hydrogen-bond donors (Lipinski definition) is 0. The second-order valence-corrected chi connectivity index (χ2v) is 15.7. The Morgan fingerprint density at radius 2 is 0.596 bits per heavy atom. The molecule has 0 saturated heterocycles. The van der Waals surface area contributed by atoms with E-state index in [0.717, 1.165) is 0 Å². The van der Waals surface area contributed by atoms with Crippen LogP contribution in [0.3, 0.4) is 0 Å². The third kappa shape index (κ3) is 5.51. The van der Waals surface area contributed by atoms with Gasteiger partial charge in [-0.1, -0.05) is 212 Å². The van der Waals surface area contributed by atoms with Crippen molar-refractivity contribution >= 4 is 53.7 Å². The molecule has 0 radical (unpaired) electrons. The molecule has 266 valence electrons. The molecule has 11 rings (SSSR count). The molecule has 1 heterocycles. The predicted molar refractivity (Wildman–Crippen MR) is 247 cm³/mol. The second-order valence-electron chi connectivity index (χ2n) is 14.7. The SMILES string of the molecule is c1ccc(-c2sc3c(-c4ccccc4)c(-c4ccc5c(-c6ccccc6)c6ccccc6c(-c6ccccc6)c5c4)c4ccccc4c3c2-c2ccccc2)cc1. The average molecular weight is 741 g/mol. The minimum Gasteiger partial charge on any atom is -0.134 e. The quantitative estimate of drug-likeness (QED) is 0.149. The smallest absolute Gasteiger partial charge is 0.0446 e. The molecule has 0 aliphatic rings. The largest absolute Gasteiger partial charge is 0.134 e. The van der Waals surface area contributed by atoms with Gasteiger partial charge in [-0.2, -0.15) is 0 Å². The van der Waals surface area contributed by atoms with Crippen molar-refractivity contribution in [3.63, 3.8) is 0 Å². The van der Waals surface area contributed by atoms with Crippen LogP contribution in [0.15, 0.2) is 218 Å². The summed E-state index contributed by atoms with van der Waals surface area (Å²) in [5.41, 5.74) is 13.7. The van der Waals surface area contributed by atoms with Crippen molar-refractivity contribution in [1.82, 2.24) is 0 Å². The van der Waals surface area contributed by atoms with E-state index in [4.69, 9.17) is 0 Å². The molecule has 0 bridgehead atoms. The lowest BCUT2D eigenvalue weighted by Gasteiger charge is -2.21. The van der Waals surface area contributed by atoms with Crippen LogP contribution in [0.25, 0.3) is 108 Å². The molecule has 0 aliphatic carbocycles. The van der Waals surface area contributed by atoms with Gasteiger partial charge in [-0.3, -0.25) is 0 Å². The lowest BCUT2D eigenvalue weighted by atomic mass is 9.82. The standard InChI is InChI=1S/C56H36S/c1-6-20-37(21-7-1)49-43-30-16-17-31-44(43)50(38-22-8-2-9-23-38)48-36-42(34-35-47(48)49)51-45-32-18-19-33-46(45)54-53(40-26-12-4-13-27-40)55(41-28-14-5-15-29-41)57-56(54)52(51)39-24-10-3-11-25-39/h1-36H. The molecular weight excluding hydrogens is 705 g/mol. The Hall–Kier alpha value is -7.06. The molecule has 11 aromatic rings. The summed E-state index contributed by atoms with van der Waals surface area (Å²) >= 11 is 1.92. The van der Waals surface area contributed by atoms with Gasteiger partial charge < -0.3 is 0 Å². The number of fused-ring (bicyclic) bond motifs is 5. The Balaban J connectivity index is 1.32. The molecule has 0 spiro atoms. The maximum absolute atomic E-state index is 2.49. The van der Waals surface area contributed by atoms with Gasteiger partial charge in [0.2, 0.25) is 0 Å². The first-order valence-corrected chi connectivity index (χ1v) is 20.4. The van der Waals surface area contributed by atoms with Crippen LogP contribution in [0, 0.1) is 0 Å². The average Bonchev–Trinajstić information content (AvgIpc) is 3.70. The van der Waals surface area contributed by atoms with Crippen LogP contribution in [0.5, 0.6) is 0 Å². The Labute approximate surface area is 336 Å². The van der Waals surface area contributed by atoms with E-state index in [9.17, 15) is 0 Å². The van der Waals surface area contributed by atoms with Crippen molar-refractivity contribution in [3.05, 3.63) is 218 Å². The van der Waals surface area contributed by atoms with Gasteiger partial charge in [-0.25, -0.2) is 0 Å². The van der Waals surface area contributed by atoms with Crippen LogP contribution in [-0.2, 0) is 0 Å². The number of rotatable bonds is 6. The molecule has 0 amide bonds. The van der Waals surface area contributed by atoms with E-state index in [0.29, 0.717) is 0 Å². The minimum atomic E-state index is 1.21. The Bertz CT molecular complexity index is 3240. The Morgan fingerprint density at radius 3 is 1.11 bits per heavy atom. The van der Waals surface area contributed by atoms with Crippen LogP contribution in [0.4, 0.5) is 0 Å². The molecule has 10 aromatic carbocycles. The van der Waals surface area contributed by atoms with Crippen molar-refractivity contribution in [1.29, 1.82) is 0 Å². The predicted octanol–water partition coefficient (Wildman–Crippen LogP) is 16.4. The highest BCUT2D eigenvalue weighted by Crippen LogP contribution is 2.55. The van der Waals surface area contributed by atoms with Gasteiger partial charge in [0.1, 0.15) is 0 Å². The molecule has 57 heavy (non-hydrogen) atoms. The summed E-state index contributed by atoms with van der Waals surface area (Å²) in [4.78, 5) is 1.29. The molecule has 0 aliphatic heterocycles. The zero-order chi connectivity index (χ0) is 37.7. The molecule has 0 fully saturated rings. The van der Waals surface area contributed by atoms with Crippen LogP contribution in [0.2, 0.25) is 0 Å². The topological polar surface area (TPSA) is 0 Å². The summed E-state index contributed by atoms with van der Waals surface area (Å²) in [6.45, 7) is 0. The van der Waals surface area contributed by atoms with E-state index in [1.165, 1.54) is 108 Å². The summed E-state index contributed by atoms with van der Waals surface area (Å²) in [5.74, 6) is 0. The van der Waals surface area contributed by atoms with Crippen LogP contribution >= 0.6 is 11.3 Å². The molecule has 1 heteroatoms. The van der Waals surface area contributed by atoms with Gasteiger partial charge in [-0.15, -0.1) is 11.3 Å². The van der Waals surface area contributed by atoms with Gasteiger partial charge in [0.25, 0.3) is 0 Å². The first-order valence-electron chi connectivity index (χ1n) is 19.6. The van der Waals surface area contributed by atoms with E-state index < -0.39 is 0 Å². The van der Waals surface area contributed by atoms with E-state index >= 15 is 0 Å². The zero-order valence-electron chi connectivity index (χ0n) is 31.2. The number of thiophene rings is 1. The zero-order valence-corrected chi connectivity index (χ0v) is 32.0. The maximum Gasteiger partial charge on any atom is 0.0446 e.